The molecule has 0 unspecified atom stereocenters. The van der Waals surface area contributed by atoms with Crippen LogP contribution in [0.15, 0.2) is 34.4 Å². The molecular weight excluding hydrogens is 490 g/mol. The highest BCUT2D eigenvalue weighted by Crippen LogP contribution is 2.36. The van der Waals surface area contributed by atoms with E-state index in [0.717, 1.165) is 22.3 Å². The maximum Gasteiger partial charge on any atom is 0.410 e. The second kappa shape index (κ2) is 8.44. The molecule has 1 atom stereocenters. The summed E-state index contributed by atoms with van der Waals surface area (Å²) in [4.78, 5) is 47.8. The molecular formula is C25H24F2N4O4S. The molecule has 0 aliphatic carbocycles. The Morgan fingerprint density at radius 3 is 2.50 bits per heavy atom. The van der Waals surface area contributed by atoms with E-state index in [1.54, 1.807) is 33.9 Å². The van der Waals surface area contributed by atoms with E-state index in [1.807, 2.05) is 11.4 Å². The molecule has 8 nitrogen and oxygen atoms in total. The number of ether oxygens (including phenoxy) is 1. The molecule has 3 aromatic heterocycles. The standard InChI is InChI=1S/C25H24F2N4O4S/c1-25(2,3)35-24(34)31-10-18-21(12-7-14(26)15(27)8-13(12)22(32)29-18)19(11-31)30(4)23(33)17-9-20-16(28-17)5-6-36-20/h5-9,19,28H,10-11H2,1-4H3,(H,29,32)/t19-/m0/s1. The number of fused-ring (bicyclic) bond motifs is 4. The van der Waals surface area contributed by atoms with E-state index in [2.05, 4.69) is 9.97 Å². The molecule has 11 heteroatoms. The third-order valence-electron chi connectivity index (χ3n) is 6.17. The molecule has 36 heavy (non-hydrogen) atoms. The lowest BCUT2D eigenvalue weighted by Crippen LogP contribution is -2.47. The molecule has 5 rings (SSSR count). The number of H-pyrrole nitrogens is 2. The van der Waals surface area contributed by atoms with Gasteiger partial charge in [-0.15, -0.1) is 11.3 Å². The van der Waals surface area contributed by atoms with E-state index >= 15 is 0 Å². The topological polar surface area (TPSA) is 98.5 Å². The molecule has 0 saturated heterocycles. The van der Waals surface area contributed by atoms with Crippen LogP contribution in [0.3, 0.4) is 0 Å². The quantitative estimate of drug-likeness (QED) is 0.397. The molecule has 2 amide bonds. The lowest BCUT2D eigenvalue weighted by Gasteiger charge is -2.39. The summed E-state index contributed by atoms with van der Waals surface area (Å²) in [7, 11) is 1.57. The molecule has 0 saturated carbocycles. The van der Waals surface area contributed by atoms with E-state index in [-0.39, 0.29) is 29.8 Å². The molecule has 0 fully saturated rings. The Labute approximate surface area is 208 Å². The summed E-state index contributed by atoms with van der Waals surface area (Å²) in [6, 6.07) is 4.65. The Kier molecular flexibility index (Phi) is 5.62. The third kappa shape index (κ3) is 4.13. The summed E-state index contributed by atoms with van der Waals surface area (Å²) in [5.41, 5.74) is 0.568. The number of amides is 2. The molecule has 0 bridgehead atoms. The van der Waals surface area contributed by atoms with E-state index in [9.17, 15) is 23.2 Å². The predicted molar refractivity (Wildman–Crippen MR) is 132 cm³/mol. The minimum absolute atomic E-state index is 0.0226. The van der Waals surface area contributed by atoms with Crippen molar-refractivity contribution in [1.29, 1.82) is 0 Å². The maximum atomic E-state index is 14.3. The number of halogens is 2. The van der Waals surface area contributed by atoms with Crippen LogP contribution in [-0.4, -0.2) is 51.0 Å². The van der Waals surface area contributed by atoms with Crippen LogP contribution in [0, 0.1) is 11.6 Å². The minimum Gasteiger partial charge on any atom is -0.444 e. The highest BCUT2D eigenvalue weighted by Gasteiger charge is 2.37. The fourth-order valence-electron chi connectivity index (χ4n) is 4.53. The first kappa shape index (κ1) is 24.0. The predicted octanol–water partition coefficient (Wildman–Crippen LogP) is 4.91. The number of benzene rings is 1. The highest BCUT2D eigenvalue weighted by molar-refractivity contribution is 7.17. The number of carbonyl (C=O) groups is 2. The largest absolute Gasteiger partial charge is 0.444 e. The van der Waals surface area contributed by atoms with Crippen LogP contribution in [0.5, 0.6) is 0 Å². The van der Waals surface area contributed by atoms with Crippen LogP contribution in [0.25, 0.3) is 21.0 Å². The van der Waals surface area contributed by atoms with Gasteiger partial charge < -0.3 is 19.6 Å². The van der Waals surface area contributed by atoms with Gasteiger partial charge >= 0.3 is 6.09 Å². The van der Waals surface area contributed by atoms with E-state index in [1.165, 1.54) is 21.1 Å². The van der Waals surface area contributed by atoms with Gasteiger partial charge in [-0.3, -0.25) is 14.5 Å². The Morgan fingerprint density at radius 2 is 1.83 bits per heavy atom. The molecule has 4 aromatic rings. The van der Waals surface area contributed by atoms with Crippen molar-refractivity contribution in [3.8, 4) is 0 Å². The summed E-state index contributed by atoms with van der Waals surface area (Å²) in [5, 5.41) is 2.06. The van der Waals surface area contributed by atoms with Gasteiger partial charge in [-0.05, 0) is 55.8 Å². The van der Waals surface area contributed by atoms with Crippen LogP contribution in [-0.2, 0) is 11.3 Å². The number of aromatic amines is 2. The van der Waals surface area contributed by atoms with Crippen LogP contribution >= 0.6 is 11.3 Å². The molecule has 0 radical (unpaired) electrons. The average Bonchev–Trinajstić information content (AvgIpc) is 3.40. The summed E-state index contributed by atoms with van der Waals surface area (Å²) in [6.07, 6.45) is -0.620. The Bertz CT molecular complexity index is 1550. The summed E-state index contributed by atoms with van der Waals surface area (Å²) >= 11 is 1.49. The fourth-order valence-corrected chi connectivity index (χ4v) is 5.31. The van der Waals surface area contributed by atoms with E-state index < -0.39 is 34.9 Å². The zero-order valence-electron chi connectivity index (χ0n) is 20.1. The number of carbonyl (C=O) groups excluding carboxylic acids is 2. The normalized spacial score (nSPS) is 15.8. The Balaban J connectivity index is 1.63. The van der Waals surface area contributed by atoms with Crippen molar-refractivity contribution in [1.82, 2.24) is 19.8 Å². The first-order valence-electron chi connectivity index (χ1n) is 11.3. The van der Waals surface area contributed by atoms with Crippen LogP contribution in [0.1, 0.15) is 48.6 Å². The first-order chi connectivity index (χ1) is 16.9. The maximum absolute atomic E-state index is 14.3. The zero-order chi connectivity index (χ0) is 25.9. The number of hydrogen-bond acceptors (Lipinski definition) is 5. The van der Waals surface area contributed by atoms with Gasteiger partial charge in [-0.2, -0.15) is 0 Å². The molecule has 4 heterocycles. The Morgan fingerprint density at radius 1 is 1.14 bits per heavy atom. The van der Waals surface area contributed by atoms with Crippen molar-refractivity contribution in [3.05, 3.63) is 68.6 Å². The molecule has 1 aliphatic heterocycles. The number of hydrogen-bond donors (Lipinski definition) is 2. The van der Waals surface area contributed by atoms with Gasteiger partial charge in [0.05, 0.1) is 28.2 Å². The number of thiophene rings is 1. The SMILES string of the molecule is CN(C(=O)c1cc2sccc2[nH]1)[C@H]1CN(C(=O)OC(C)(C)C)Cc2[nH]c(=O)c3cc(F)c(F)cc3c21. The number of likely N-dealkylation sites (N-methyl/N-ethyl adjacent to an activating group) is 1. The number of nitrogens with zero attached hydrogens (tertiary/aromatic N) is 2. The third-order valence-corrected chi connectivity index (χ3v) is 7.03. The first-order valence-corrected chi connectivity index (χ1v) is 12.2. The van der Waals surface area contributed by atoms with Crippen molar-refractivity contribution in [2.75, 3.05) is 13.6 Å². The van der Waals surface area contributed by atoms with E-state index in [4.69, 9.17) is 4.74 Å². The molecule has 1 aromatic carbocycles. The van der Waals surface area contributed by atoms with Crippen molar-refractivity contribution in [2.45, 2.75) is 39.0 Å². The summed E-state index contributed by atoms with van der Waals surface area (Å²) in [5.74, 6) is -2.61. The van der Waals surface area contributed by atoms with Crippen LogP contribution in [0.4, 0.5) is 13.6 Å². The zero-order valence-corrected chi connectivity index (χ0v) is 20.9. The van der Waals surface area contributed by atoms with Crippen LogP contribution < -0.4 is 5.56 Å². The second-order valence-electron chi connectivity index (χ2n) is 9.83. The number of rotatable bonds is 2. The lowest BCUT2D eigenvalue weighted by atomic mass is 9.92. The van der Waals surface area contributed by atoms with Crippen LogP contribution in [0.2, 0.25) is 0 Å². The average molecular weight is 515 g/mol. The highest BCUT2D eigenvalue weighted by atomic mass is 32.1. The van der Waals surface area contributed by atoms with Gasteiger partial charge in [0.25, 0.3) is 11.5 Å². The number of nitrogens with one attached hydrogen (secondary N) is 2. The molecule has 1 aliphatic rings. The Hall–Kier alpha value is -3.73. The summed E-state index contributed by atoms with van der Waals surface area (Å²) < 4.78 is 34.8. The van der Waals surface area contributed by atoms with E-state index in [0.29, 0.717) is 17.0 Å². The molecule has 188 valence electrons. The fraction of sp³-hybridized carbons (Fsp3) is 0.320. The number of aromatic nitrogens is 2. The summed E-state index contributed by atoms with van der Waals surface area (Å²) in [6.45, 7) is 5.21. The minimum atomic E-state index is -1.15. The number of pyridine rings is 1. The van der Waals surface area contributed by atoms with Crippen molar-refractivity contribution in [2.24, 2.45) is 0 Å². The van der Waals surface area contributed by atoms with Gasteiger partial charge in [-0.1, -0.05) is 0 Å². The molecule has 0 spiro atoms. The van der Waals surface area contributed by atoms with Crippen molar-refractivity contribution < 1.29 is 23.1 Å². The van der Waals surface area contributed by atoms with Crippen molar-refractivity contribution >= 4 is 44.3 Å². The van der Waals surface area contributed by atoms with Gasteiger partial charge in [0.15, 0.2) is 11.6 Å². The molecule has 2 N–H and O–H groups in total. The lowest BCUT2D eigenvalue weighted by molar-refractivity contribution is 0.0142. The van der Waals surface area contributed by atoms with Gasteiger partial charge in [-0.25, -0.2) is 13.6 Å². The van der Waals surface area contributed by atoms with Crippen molar-refractivity contribution in [3.63, 3.8) is 0 Å². The monoisotopic (exact) mass is 514 g/mol. The second-order valence-corrected chi connectivity index (χ2v) is 10.8. The van der Waals surface area contributed by atoms with Gasteiger partial charge in [0.2, 0.25) is 0 Å². The van der Waals surface area contributed by atoms with Gasteiger partial charge in [0, 0.05) is 24.8 Å². The van der Waals surface area contributed by atoms with Gasteiger partial charge in [0.1, 0.15) is 11.3 Å². The smallest absolute Gasteiger partial charge is 0.410 e.